The van der Waals surface area contributed by atoms with Gasteiger partial charge < -0.3 is 10.2 Å². The van der Waals surface area contributed by atoms with Crippen LogP contribution in [-0.4, -0.2) is 25.1 Å². The molecule has 0 unspecified atom stereocenters. The van der Waals surface area contributed by atoms with E-state index in [1.807, 2.05) is 25.4 Å². The van der Waals surface area contributed by atoms with Crippen molar-refractivity contribution in [2.24, 2.45) is 0 Å². The van der Waals surface area contributed by atoms with Gasteiger partial charge >= 0.3 is 0 Å². The largest absolute Gasteiger partial charge is 0.362 e. The molecule has 20 heavy (non-hydrogen) atoms. The van der Waals surface area contributed by atoms with Crippen LogP contribution in [0.2, 0.25) is 5.02 Å². The molecular weight excluding hydrogens is 290 g/mol. The molecule has 0 bridgehead atoms. The van der Waals surface area contributed by atoms with E-state index in [1.54, 1.807) is 11.3 Å². The molecule has 0 saturated heterocycles. The Balaban J connectivity index is 1.93. The highest BCUT2D eigenvalue weighted by molar-refractivity contribution is 7.10. The number of nitrogens with zero attached hydrogens (tertiary/aromatic N) is 2. The molecule has 5 heteroatoms. The number of rotatable bonds is 5. The molecule has 3 nitrogen and oxygen atoms in total. The Bertz CT molecular complexity index is 584. The lowest BCUT2D eigenvalue weighted by molar-refractivity contribution is 0.576. The van der Waals surface area contributed by atoms with Crippen molar-refractivity contribution in [2.45, 2.75) is 18.9 Å². The monoisotopic (exact) mass is 307 g/mol. The molecule has 0 fully saturated rings. The number of nitrogens with one attached hydrogen (secondary N) is 1. The van der Waals surface area contributed by atoms with Gasteiger partial charge in [0, 0.05) is 24.0 Å². The van der Waals surface area contributed by atoms with Gasteiger partial charge in [-0.2, -0.15) is 0 Å². The highest BCUT2D eigenvalue weighted by Crippen LogP contribution is 2.40. The predicted molar refractivity (Wildman–Crippen MR) is 85.9 cm³/mol. The lowest BCUT2D eigenvalue weighted by atomic mass is 10.1. The summed E-state index contributed by atoms with van der Waals surface area (Å²) in [5.74, 6) is 0. The summed E-state index contributed by atoms with van der Waals surface area (Å²) in [6, 6.07) is 6.51. The average molecular weight is 308 g/mol. The van der Waals surface area contributed by atoms with Crippen LogP contribution in [0, 0.1) is 0 Å². The van der Waals surface area contributed by atoms with E-state index in [1.165, 1.54) is 16.3 Å². The molecule has 1 N–H and O–H groups in total. The second kappa shape index (κ2) is 6.12. The molecule has 0 radical (unpaired) electrons. The van der Waals surface area contributed by atoms with Crippen LogP contribution >= 0.6 is 22.9 Å². The lowest BCUT2D eigenvalue weighted by Gasteiger charge is -2.30. The van der Waals surface area contributed by atoms with Crippen molar-refractivity contribution in [1.29, 1.82) is 0 Å². The summed E-state index contributed by atoms with van der Waals surface area (Å²) >= 11 is 8.11. The van der Waals surface area contributed by atoms with Crippen LogP contribution < -0.4 is 10.2 Å². The van der Waals surface area contributed by atoms with E-state index in [4.69, 9.17) is 11.6 Å². The van der Waals surface area contributed by atoms with Gasteiger partial charge in [-0.3, -0.25) is 4.98 Å². The zero-order valence-corrected chi connectivity index (χ0v) is 13.0. The molecule has 3 heterocycles. The van der Waals surface area contributed by atoms with Gasteiger partial charge in [-0.1, -0.05) is 11.6 Å². The fourth-order valence-corrected chi connectivity index (χ4v) is 4.14. The number of pyridine rings is 1. The number of fused-ring (bicyclic) bond motifs is 1. The van der Waals surface area contributed by atoms with Crippen molar-refractivity contribution >= 4 is 28.6 Å². The number of hydrogen-bond donors (Lipinski definition) is 1. The minimum absolute atomic E-state index is 0.334. The number of anilines is 1. The second-order valence-corrected chi connectivity index (χ2v) is 6.31. The van der Waals surface area contributed by atoms with Crippen molar-refractivity contribution in [3.63, 3.8) is 0 Å². The maximum Gasteiger partial charge on any atom is 0.0662 e. The average Bonchev–Trinajstić information content (AvgIpc) is 3.07. The van der Waals surface area contributed by atoms with Gasteiger partial charge in [0.1, 0.15) is 0 Å². The SMILES string of the molecule is CNCC[C@@H](c1sccc1Cl)N1CCc2ncccc21. The van der Waals surface area contributed by atoms with Gasteiger partial charge in [0.15, 0.2) is 0 Å². The Hall–Kier alpha value is -1.10. The summed E-state index contributed by atoms with van der Waals surface area (Å²) in [5.41, 5.74) is 2.47. The van der Waals surface area contributed by atoms with Gasteiger partial charge in [-0.25, -0.2) is 0 Å². The first-order valence-corrected chi connectivity index (χ1v) is 8.15. The van der Waals surface area contributed by atoms with E-state index in [0.29, 0.717) is 6.04 Å². The molecule has 0 saturated carbocycles. The zero-order valence-electron chi connectivity index (χ0n) is 11.5. The van der Waals surface area contributed by atoms with Gasteiger partial charge in [0.05, 0.1) is 22.4 Å². The minimum Gasteiger partial charge on any atom is -0.362 e. The van der Waals surface area contributed by atoms with Crippen molar-refractivity contribution < 1.29 is 0 Å². The Morgan fingerprint density at radius 3 is 3.15 bits per heavy atom. The molecule has 0 amide bonds. The van der Waals surface area contributed by atoms with E-state index < -0.39 is 0 Å². The summed E-state index contributed by atoms with van der Waals surface area (Å²) in [7, 11) is 1.99. The summed E-state index contributed by atoms with van der Waals surface area (Å²) in [5, 5.41) is 6.20. The Morgan fingerprint density at radius 1 is 1.50 bits per heavy atom. The first-order valence-electron chi connectivity index (χ1n) is 6.89. The molecule has 2 aromatic rings. The highest BCUT2D eigenvalue weighted by Gasteiger charge is 2.29. The molecule has 1 aliphatic rings. The molecule has 1 atom stereocenters. The van der Waals surface area contributed by atoms with Crippen molar-refractivity contribution in [1.82, 2.24) is 10.3 Å². The summed E-state index contributed by atoms with van der Waals surface area (Å²) < 4.78 is 0. The Kier molecular flexibility index (Phi) is 4.24. The third kappa shape index (κ3) is 2.55. The lowest BCUT2D eigenvalue weighted by Crippen LogP contribution is -2.29. The van der Waals surface area contributed by atoms with E-state index in [-0.39, 0.29) is 0 Å². The molecule has 0 aromatic carbocycles. The summed E-state index contributed by atoms with van der Waals surface area (Å²) in [6.45, 7) is 2.00. The van der Waals surface area contributed by atoms with Gasteiger partial charge in [0.25, 0.3) is 0 Å². The standard InChI is InChI=1S/C15H18ClN3S/c1-17-8-4-14(15-11(16)6-10-20-15)19-9-5-12-13(19)3-2-7-18-12/h2-3,6-7,10,14,17H,4-5,8-9H2,1H3/t14-/m0/s1. The van der Waals surface area contributed by atoms with E-state index in [0.717, 1.165) is 31.0 Å². The topological polar surface area (TPSA) is 28.2 Å². The molecule has 106 valence electrons. The zero-order chi connectivity index (χ0) is 13.9. The van der Waals surface area contributed by atoms with Crippen molar-refractivity contribution in [3.8, 4) is 0 Å². The summed E-state index contributed by atoms with van der Waals surface area (Å²) in [4.78, 5) is 8.21. The van der Waals surface area contributed by atoms with Gasteiger partial charge in [-0.05, 0) is 43.6 Å². The maximum absolute atomic E-state index is 6.37. The fraction of sp³-hybridized carbons (Fsp3) is 0.400. The minimum atomic E-state index is 0.334. The molecular formula is C15H18ClN3S. The third-order valence-electron chi connectivity index (χ3n) is 3.76. The number of hydrogen-bond acceptors (Lipinski definition) is 4. The number of aromatic nitrogens is 1. The second-order valence-electron chi connectivity index (χ2n) is 4.95. The first kappa shape index (κ1) is 13.9. The van der Waals surface area contributed by atoms with Crippen LogP contribution in [0.3, 0.4) is 0 Å². The van der Waals surface area contributed by atoms with Crippen LogP contribution in [0.4, 0.5) is 5.69 Å². The summed E-state index contributed by atoms with van der Waals surface area (Å²) in [6.07, 6.45) is 3.95. The molecule has 2 aromatic heterocycles. The highest BCUT2D eigenvalue weighted by atomic mass is 35.5. The van der Waals surface area contributed by atoms with Gasteiger partial charge in [-0.15, -0.1) is 11.3 Å². The Morgan fingerprint density at radius 2 is 2.40 bits per heavy atom. The quantitative estimate of drug-likeness (QED) is 0.916. The third-order valence-corrected chi connectivity index (χ3v) is 5.22. The van der Waals surface area contributed by atoms with Crippen LogP contribution in [0.15, 0.2) is 29.8 Å². The predicted octanol–water partition coefficient (Wildman–Crippen LogP) is 3.51. The van der Waals surface area contributed by atoms with Gasteiger partial charge in [0.2, 0.25) is 0 Å². The number of halogens is 1. The van der Waals surface area contributed by atoms with Crippen LogP contribution in [0.1, 0.15) is 23.0 Å². The smallest absolute Gasteiger partial charge is 0.0662 e. The van der Waals surface area contributed by atoms with E-state index in [2.05, 4.69) is 26.6 Å². The first-order chi connectivity index (χ1) is 9.81. The normalized spacial score (nSPS) is 15.4. The number of thiophene rings is 1. The van der Waals surface area contributed by atoms with Crippen LogP contribution in [0.5, 0.6) is 0 Å². The van der Waals surface area contributed by atoms with Crippen molar-refractivity contribution in [2.75, 3.05) is 25.0 Å². The Labute approximate surface area is 128 Å². The fourth-order valence-electron chi connectivity index (χ4n) is 2.81. The van der Waals surface area contributed by atoms with Crippen LogP contribution in [-0.2, 0) is 6.42 Å². The molecule has 0 aliphatic carbocycles. The maximum atomic E-state index is 6.37. The van der Waals surface area contributed by atoms with Crippen molar-refractivity contribution in [3.05, 3.63) is 45.4 Å². The van der Waals surface area contributed by atoms with E-state index in [9.17, 15) is 0 Å². The molecule has 0 spiro atoms. The molecule has 3 rings (SSSR count). The molecule has 1 aliphatic heterocycles. The van der Waals surface area contributed by atoms with E-state index >= 15 is 0 Å². The van der Waals surface area contributed by atoms with Crippen LogP contribution in [0.25, 0.3) is 0 Å².